The molecular formula is C21H32N2O5. The zero-order chi connectivity index (χ0) is 20.4. The molecule has 1 heterocycles. The van der Waals surface area contributed by atoms with E-state index in [2.05, 4.69) is 0 Å². The van der Waals surface area contributed by atoms with Gasteiger partial charge in [-0.3, -0.25) is 4.79 Å². The van der Waals surface area contributed by atoms with Crippen LogP contribution in [0, 0.1) is 5.92 Å². The lowest BCUT2D eigenvalue weighted by Crippen LogP contribution is -2.38. The lowest BCUT2D eigenvalue weighted by atomic mass is 10.2. The van der Waals surface area contributed by atoms with Crippen LogP contribution in [0.3, 0.4) is 0 Å². The maximum absolute atomic E-state index is 12.5. The molecule has 0 aliphatic carbocycles. The van der Waals surface area contributed by atoms with Crippen LogP contribution >= 0.6 is 0 Å². The molecule has 0 atom stereocenters. The van der Waals surface area contributed by atoms with Gasteiger partial charge in [0, 0.05) is 32.6 Å². The average molecular weight is 392 g/mol. The van der Waals surface area contributed by atoms with Gasteiger partial charge in [-0.2, -0.15) is 0 Å². The van der Waals surface area contributed by atoms with E-state index in [9.17, 15) is 9.59 Å². The molecule has 0 spiro atoms. The lowest BCUT2D eigenvalue weighted by molar-refractivity contribution is -0.131. The highest BCUT2D eigenvalue weighted by atomic mass is 16.6. The first kappa shape index (κ1) is 21.9. The van der Waals surface area contributed by atoms with E-state index in [0.717, 1.165) is 17.9 Å². The van der Waals surface area contributed by atoms with Crippen LogP contribution < -0.4 is 9.47 Å². The Balaban J connectivity index is 1.67. The smallest absolute Gasteiger partial charge is 0.409 e. The molecule has 0 saturated carbocycles. The van der Waals surface area contributed by atoms with E-state index in [1.54, 1.807) is 12.0 Å². The second-order valence-corrected chi connectivity index (χ2v) is 7.32. The van der Waals surface area contributed by atoms with Gasteiger partial charge in [-0.1, -0.05) is 13.8 Å². The molecule has 28 heavy (non-hydrogen) atoms. The molecule has 0 radical (unpaired) electrons. The van der Waals surface area contributed by atoms with Crippen LogP contribution in [0.25, 0.3) is 0 Å². The van der Waals surface area contributed by atoms with E-state index in [4.69, 9.17) is 14.2 Å². The molecule has 1 aromatic carbocycles. The van der Waals surface area contributed by atoms with E-state index in [-0.39, 0.29) is 12.0 Å². The Bertz CT molecular complexity index is 618. The number of rotatable bonds is 8. The molecule has 1 aliphatic heterocycles. The molecule has 1 aromatic rings. The van der Waals surface area contributed by atoms with Crippen LogP contribution in [0.5, 0.6) is 11.5 Å². The van der Waals surface area contributed by atoms with Crippen molar-refractivity contribution < 1.29 is 23.8 Å². The molecule has 1 saturated heterocycles. The second kappa shape index (κ2) is 11.4. The molecule has 156 valence electrons. The molecule has 0 unspecified atom stereocenters. The van der Waals surface area contributed by atoms with Crippen LogP contribution in [0.4, 0.5) is 4.79 Å². The summed E-state index contributed by atoms with van der Waals surface area (Å²) in [6, 6.07) is 7.39. The van der Waals surface area contributed by atoms with E-state index >= 15 is 0 Å². The quantitative estimate of drug-likeness (QED) is 0.636. The molecule has 0 bridgehead atoms. The summed E-state index contributed by atoms with van der Waals surface area (Å²) >= 11 is 0. The van der Waals surface area contributed by atoms with E-state index in [1.807, 2.05) is 43.0 Å². The van der Waals surface area contributed by atoms with Gasteiger partial charge in [-0.05, 0) is 43.0 Å². The average Bonchev–Trinajstić information content (AvgIpc) is 2.96. The summed E-state index contributed by atoms with van der Waals surface area (Å²) < 4.78 is 16.1. The minimum absolute atomic E-state index is 0.107. The molecule has 1 fully saturated rings. The van der Waals surface area contributed by atoms with Crippen LogP contribution in [-0.2, 0) is 9.53 Å². The van der Waals surface area contributed by atoms with Crippen molar-refractivity contribution in [2.75, 3.05) is 46.5 Å². The third-order valence-electron chi connectivity index (χ3n) is 4.51. The van der Waals surface area contributed by atoms with Gasteiger partial charge in [0.2, 0.25) is 5.91 Å². The first-order valence-electron chi connectivity index (χ1n) is 9.96. The fraction of sp³-hybridized carbons (Fsp3) is 0.619. The first-order chi connectivity index (χ1) is 13.5. The van der Waals surface area contributed by atoms with Gasteiger partial charge >= 0.3 is 6.09 Å². The zero-order valence-corrected chi connectivity index (χ0v) is 17.2. The fourth-order valence-electron chi connectivity index (χ4n) is 2.92. The largest absolute Gasteiger partial charge is 0.497 e. The summed E-state index contributed by atoms with van der Waals surface area (Å²) in [5, 5.41) is 0. The van der Waals surface area contributed by atoms with E-state index < -0.39 is 0 Å². The maximum Gasteiger partial charge on any atom is 0.409 e. The summed E-state index contributed by atoms with van der Waals surface area (Å²) in [6.45, 7) is 7.29. The van der Waals surface area contributed by atoms with Crippen molar-refractivity contribution in [1.29, 1.82) is 0 Å². The maximum atomic E-state index is 12.5. The van der Waals surface area contributed by atoms with Gasteiger partial charge in [0.25, 0.3) is 0 Å². The molecule has 2 rings (SSSR count). The van der Waals surface area contributed by atoms with E-state index in [1.165, 1.54) is 0 Å². The number of methoxy groups -OCH3 is 1. The predicted octanol–water partition coefficient (Wildman–Crippen LogP) is 3.18. The Morgan fingerprint density at radius 2 is 1.64 bits per heavy atom. The van der Waals surface area contributed by atoms with Gasteiger partial charge in [0.05, 0.1) is 20.3 Å². The Labute approximate surface area is 167 Å². The number of nitrogens with zero attached hydrogens (tertiary/aromatic N) is 2. The third-order valence-corrected chi connectivity index (χ3v) is 4.51. The van der Waals surface area contributed by atoms with Crippen LogP contribution in [0.2, 0.25) is 0 Å². The molecule has 2 amide bonds. The number of benzene rings is 1. The Morgan fingerprint density at radius 3 is 2.32 bits per heavy atom. The zero-order valence-electron chi connectivity index (χ0n) is 17.2. The van der Waals surface area contributed by atoms with Gasteiger partial charge < -0.3 is 24.0 Å². The summed E-state index contributed by atoms with van der Waals surface area (Å²) in [5.74, 6) is 1.97. The lowest BCUT2D eigenvalue weighted by Gasteiger charge is -2.22. The highest BCUT2D eigenvalue weighted by Crippen LogP contribution is 2.17. The number of ether oxygens (including phenoxy) is 3. The molecule has 7 heteroatoms. The van der Waals surface area contributed by atoms with Crippen molar-refractivity contribution in [2.45, 2.75) is 33.1 Å². The van der Waals surface area contributed by atoms with Crippen molar-refractivity contribution in [3.05, 3.63) is 24.3 Å². The van der Waals surface area contributed by atoms with E-state index in [0.29, 0.717) is 58.2 Å². The molecule has 1 aliphatic rings. The second-order valence-electron chi connectivity index (χ2n) is 7.32. The SMILES string of the molecule is COc1ccc(OCCCC(=O)N2CCCN(C(=O)OCC(C)C)CC2)cc1. The third kappa shape index (κ3) is 7.29. The summed E-state index contributed by atoms with van der Waals surface area (Å²) in [7, 11) is 1.62. The molecule has 0 N–H and O–H groups in total. The van der Waals surface area contributed by atoms with Crippen molar-refractivity contribution in [1.82, 2.24) is 9.80 Å². The fourth-order valence-corrected chi connectivity index (χ4v) is 2.92. The standard InChI is InChI=1S/C21H32N2O5/c1-17(2)16-28-21(25)23-12-5-11-22(13-14-23)20(24)6-4-15-27-19-9-7-18(26-3)8-10-19/h7-10,17H,4-6,11-16H2,1-3H3. The number of amides is 2. The van der Waals surface area contributed by atoms with Crippen molar-refractivity contribution in [3.8, 4) is 11.5 Å². The summed E-state index contributed by atoms with van der Waals surface area (Å²) in [5.41, 5.74) is 0. The summed E-state index contributed by atoms with van der Waals surface area (Å²) in [6.07, 6.45) is 1.58. The van der Waals surface area contributed by atoms with Crippen molar-refractivity contribution >= 4 is 12.0 Å². The van der Waals surface area contributed by atoms with Gasteiger partial charge in [0.1, 0.15) is 11.5 Å². The van der Waals surface area contributed by atoms with Gasteiger partial charge in [0.15, 0.2) is 0 Å². The predicted molar refractivity (Wildman–Crippen MR) is 107 cm³/mol. The van der Waals surface area contributed by atoms with Crippen molar-refractivity contribution in [3.63, 3.8) is 0 Å². The monoisotopic (exact) mass is 392 g/mol. The molecule has 0 aromatic heterocycles. The number of hydrogen-bond acceptors (Lipinski definition) is 5. The number of hydrogen-bond donors (Lipinski definition) is 0. The van der Waals surface area contributed by atoms with Crippen LogP contribution in [0.15, 0.2) is 24.3 Å². The highest BCUT2D eigenvalue weighted by molar-refractivity contribution is 5.76. The van der Waals surface area contributed by atoms with Crippen molar-refractivity contribution in [2.24, 2.45) is 5.92 Å². The van der Waals surface area contributed by atoms with Gasteiger partial charge in [-0.15, -0.1) is 0 Å². The minimum Gasteiger partial charge on any atom is -0.497 e. The normalized spacial score (nSPS) is 14.6. The minimum atomic E-state index is -0.282. The molecular weight excluding hydrogens is 360 g/mol. The Morgan fingerprint density at radius 1 is 1.00 bits per heavy atom. The number of carbonyl (C=O) groups is 2. The molecule has 7 nitrogen and oxygen atoms in total. The highest BCUT2D eigenvalue weighted by Gasteiger charge is 2.22. The Kier molecular flexibility index (Phi) is 8.91. The summed E-state index contributed by atoms with van der Waals surface area (Å²) in [4.78, 5) is 28.1. The first-order valence-corrected chi connectivity index (χ1v) is 9.96. The topological polar surface area (TPSA) is 68.3 Å². The van der Waals surface area contributed by atoms with Crippen LogP contribution in [0.1, 0.15) is 33.1 Å². The number of carbonyl (C=O) groups excluding carboxylic acids is 2. The van der Waals surface area contributed by atoms with Crippen LogP contribution in [-0.4, -0.2) is 68.3 Å². The van der Waals surface area contributed by atoms with Gasteiger partial charge in [-0.25, -0.2) is 4.79 Å². The Hall–Kier alpha value is -2.44.